The molecule has 0 spiro atoms. The molecule has 0 atom stereocenters. The summed E-state index contributed by atoms with van der Waals surface area (Å²) >= 11 is 0. The number of ether oxygens (including phenoxy) is 1. The molecule has 2 aromatic rings. The molecule has 1 aromatic heterocycles. The highest BCUT2D eigenvalue weighted by atomic mass is 16.5. The van der Waals surface area contributed by atoms with Crippen molar-refractivity contribution < 1.29 is 4.74 Å². The Morgan fingerprint density at radius 2 is 2.06 bits per heavy atom. The van der Waals surface area contributed by atoms with Crippen molar-refractivity contribution in [2.75, 3.05) is 11.9 Å². The summed E-state index contributed by atoms with van der Waals surface area (Å²) in [5.74, 6) is 0.891. The molecule has 96 valence electrons. The Labute approximate surface area is 108 Å². The molecule has 0 amide bonds. The van der Waals surface area contributed by atoms with Crippen LogP contribution < -0.4 is 10.1 Å². The van der Waals surface area contributed by atoms with Crippen LogP contribution in [0.1, 0.15) is 26.5 Å². The lowest BCUT2D eigenvalue weighted by atomic mass is 10.1. The average molecular weight is 244 g/mol. The highest BCUT2D eigenvalue weighted by molar-refractivity contribution is 5.92. The molecule has 0 radical (unpaired) electrons. The molecule has 1 N–H and O–H groups in total. The smallest absolute Gasteiger partial charge is 0.120 e. The molecule has 3 nitrogen and oxygen atoms in total. The molecule has 0 bridgehead atoms. The zero-order valence-corrected chi connectivity index (χ0v) is 11.4. The zero-order valence-electron chi connectivity index (χ0n) is 11.4. The average Bonchev–Trinajstić information content (AvgIpc) is 2.29. The minimum atomic E-state index is 0.184. The van der Waals surface area contributed by atoms with Crippen LogP contribution in [0.15, 0.2) is 24.3 Å². The number of rotatable bonds is 4. The van der Waals surface area contributed by atoms with Gasteiger partial charge >= 0.3 is 0 Å². The molecule has 3 heteroatoms. The molecular weight excluding hydrogens is 224 g/mol. The van der Waals surface area contributed by atoms with Crippen LogP contribution in [0.25, 0.3) is 10.9 Å². The van der Waals surface area contributed by atoms with Gasteiger partial charge in [0.2, 0.25) is 0 Å². The van der Waals surface area contributed by atoms with Crippen LogP contribution in [-0.2, 0) is 0 Å². The summed E-state index contributed by atoms with van der Waals surface area (Å²) in [6.07, 6.45) is 0.184. The molecule has 0 unspecified atom stereocenters. The van der Waals surface area contributed by atoms with E-state index >= 15 is 0 Å². The molecule has 0 saturated carbocycles. The second-order valence-corrected chi connectivity index (χ2v) is 4.69. The summed E-state index contributed by atoms with van der Waals surface area (Å²) in [6, 6.07) is 8.12. The Balaban J connectivity index is 2.52. The van der Waals surface area contributed by atoms with Crippen LogP contribution in [0.2, 0.25) is 0 Å². The zero-order chi connectivity index (χ0) is 13.1. The Hall–Kier alpha value is -1.77. The number of aromatic nitrogens is 1. The van der Waals surface area contributed by atoms with Crippen LogP contribution in [0, 0.1) is 6.92 Å². The molecular formula is C15H20N2O. The van der Waals surface area contributed by atoms with Gasteiger partial charge in [-0.3, -0.25) is 4.98 Å². The molecule has 0 saturated heterocycles. The predicted octanol–water partition coefficient (Wildman–Crippen LogP) is 3.76. The van der Waals surface area contributed by atoms with E-state index in [0.29, 0.717) is 0 Å². The van der Waals surface area contributed by atoms with Crippen LogP contribution in [0.4, 0.5) is 5.69 Å². The van der Waals surface area contributed by atoms with E-state index in [1.807, 2.05) is 32.9 Å². The van der Waals surface area contributed by atoms with Crippen molar-refractivity contribution in [1.82, 2.24) is 4.98 Å². The summed E-state index contributed by atoms with van der Waals surface area (Å²) in [6.45, 7) is 9.06. The van der Waals surface area contributed by atoms with Gasteiger partial charge in [-0.05, 0) is 52.0 Å². The summed E-state index contributed by atoms with van der Waals surface area (Å²) in [5.41, 5.74) is 3.15. The number of aryl methyl sites for hydroxylation is 1. The molecule has 0 aliphatic carbocycles. The first kappa shape index (κ1) is 12.7. The van der Waals surface area contributed by atoms with Crippen LogP contribution in [0.3, 0.4) is 0 Å². The third-order valence-electron chi connectivity index (χ3n) is 2.65. The van der Waals surface area contributed by atoms with Crippen LogP contribution in [-0.4, -0.2) is 17.6 Å². The molecule has 0 aliphatic heterocycles. The maximum Gasteiger partial charge on any atom is 0.120 e. The van der Waals surface area contributed by atoms with Gasteiger partial charge in [0, 0.05) is 23.3 Å². The first-order valence-electron chi connectivity index (χ1n) is 6.42. The molecule has 1 heterocycles. The second-order valence-electron chi connectivity index (χ2n) is 4.69. The minimum Gasteiger partial charge on any atom is -0.491 e. The van der Waals surface area contributed by atoms with E-state index in [-0.39, 0.29) is 6.10 Å². The highest BCUT2D eigenvalue weighted by Gasteiger charge is 2.06. The van der Waals surface area contributed by atoms with Gasteiger partial charge in [0.25, 0.3) is 0 Å². The van der Waals surface area contributed by atoms with E-state index in [2.05, 4.69) is 29.4 Å². The van der Waals surface area contributed by atoms with Crippen LogP contribution >= 0.6 is 0 Å². The molecule has 1 aromatic carbocycles. The maximum atomic E-state index is 5.73. The predicted molar refractivity (Wildman–Crippen MR) is 76.4 cm³/mol. The Morgan fingerprint density at radius 3 is 2.72 bits per heavy atom. The number of hydrogen-bond donors (Lipinski definition) is 1. The maximum absolute atomic E-state index is 5.73. The third kappa shape index (κ3) is 2.73. The number of nitrogens with zero attached hydrogens (tertiary/aromatic N) is 1. The standard InChI is InChI=1S/C15H20N2O/c1-5-16-15-8-11(4)17-14-7-6-12(9-13(14)15)18-10(2)3/h6-10H,5H2,1-4H3,(H,16,17). The normalized spacial score (nSPS) is 10.9. The summed E-state index contributed by atoms with van der Waals surface area (Å²) in [5, 5.41) is 4.49. The molecule has 18 heavy (non-hydrogen) atoms. The SMILES string of the molecule is CCNc1cc(C)nc2ccc(OC(C)C)cc12. The monoisotopic (exact) mass is 244 g/mol. The van der Waals surface area contributed by atoms with Crippen molar-refractivity contribution >= 4 is 16.6 Å². The Morgan fingerprint density at radius 1 is 1.28 bits per heavy atom. The van der Waals surface area contributed by atoms with E-state index in [9.17, 15) is 0 Å². The lowest BCUT2D eigenvalue weighted by Gasteiger charge is -2.13. The van der Waals surface area contributed by atoms with Gasteiger partial charge in [0.05, 0.1) is 11.6 Å². The number of fused-ring (bicyclic) bond motifs is 1. The van der Waals surface area contributed by atoms with Gasteiger partial charge in [-0.1, -0.05) is 0 Å². The summed E-state index contributed by atoms with van der Waals surface area (Å²) < 4.78 is 5.73. The van der Waals surface area contributed by atoms with Crippen molar-refractivity contribution in [2.45, 2.75) is 33.8 Å². The first-order valence-corrected chi connectivity index (χ1v) is 6.42. The van der Waals surface area contributed by atoms with Gasteiger partial charge in [0.1, 0.15) is 5.75 Å². The van der Waals surface area contributed by atoms with Crippen molar-refractivity contribution in [1.29, 1.82) is 0 Å². The minimum absolute atomic E-state index is 0.184. The van der Waals surface area contributed by atoms with E-state index < -0.39 is 0 Å². The largest absolute Gasteiger partial charge is 0.491 e. The van der Waals surface area contributed by atoms with Crippen molar-refractivity contribution in [3.05, 3.63) is 30.0 Å². The van der Waals surface area contributed by atoms with Gasteiger partial charge in [-0.15, -0.1) is 0 Å². The number of nitrogens with one attached hydrogen (secondary N) is 1. The number of hydrogen-bond acceptors (Lipinski definition) is 3. The van der Waals surface area contributed by atoms with Crippen LogP contribution in [0.5, 0.6) is 5.75 Å². The van der Waals surface area contributed by atoms with Gasteiger partial charge in [-0.25, -0.2) is 0 Å². The highest BCUT2D eigenvalue weighted by Crippen LogP contribution is 2.27. The topological polar surface area (TPSA) is 34.2 Å². The molecule has 0 fully saturated rings. The molecule has 2 rings (SSSR count). The van der Waals surface area contributed by atoms with Gasteiger partial charge in [-0.2, -0.15) is 0 Å². The number of anilines is 1. The van der Waals surface area contributed by atoms with Crippen molar-refractivity contribution in [2.24, 2.45) is 0 Å². The van der Waals surface area contributed by atoms with Gasteiger partial charge < -0.3 is 10.1 Å². The number of pyridine rings is 1. The van der Waals surface area contributed by atoms with E-state index in [0.717, 1.165) is 34.6 Å². The fraction of sp³-hybridized carbons (Fsp3) is 0.400. The molecule has 0 aliphatic rings. The Bertz CT molecular complexity index is 549. The third-order valence-corrected chi connectivity index (χ3v) is 2.65. The number of benzene rings is 1. The fourth-order valence-electron chi connectivity index (χ4n) is 2.02. The van der Waals surface area contributed by atoms with Crippen molar-refractivity contribution in [3.8, 4) is 5.75 Å². The van der Waals surface area contributed by atoms with E-state index in [1.165, 1.54) is 0 Å². The Kier molecular flexibility index (Phi) is 3.70. The first-order chi connectivity index (χ1) is 8.60. The van der Waals surface area contributed by atoms with Gasteiger partial charge in [0.15, 0.2) is 0 Å². The summed E-state index contributed by atoms with van der Waals surface area (Å²) in [4.78, 5) is 4.54. The lowest BCUT2D eigenvalue weighted by molar-refractivity contribution is 0.243. The second kappa shape index (κ2) is 5.25. The van der Waals surface area contributed by atoms with E-state index in [1.54, 1.807) is 0 Å². The quantitative estimate of drug-likeness (QED) is 0.889. The summed E-state index contributed by atoms with van der Waals surface area (Å²) in [7, 11) is 0. The van der Waals surface area contributed by atoms with E-state index in [4.69, 9.17) is 4.74 Å². The van der Waals surface area contributed by atoms with Crippen molar-refractivity contribution in [3.63, 3.8) is 0 Å². The fourth-order valence-corrected chi connectivity index (χ4v) is 2.02. The lowest BCUT2D eigenvalue weighted by Crippen LogP contribution is -2.05.